The molecule has 0 radical (unpaired) electrons. The summed E-state index contributed by atoms with van der Waals surface area (Å²) in [5.41, 5.74) is 5.53. The summed E-state index contributed by atoms with van der Waals surface area (Å²) in [4.78, 5) is 6.72. The largest absolute Gasteiger partial charge is 0.319 e. The molecule has 2 heterocycles. The van der Waals surface area contributed by atoms with E-state index in [1.165, 1.54) is 0 Å². The van der Waals surface area contributed by atoms with Crippen LogP contribution in [0.3, 0.4) is 0 Å². The van der Waals surface area contributed by atoms with Gasteiger partial charge in [-0.25, -0.2) is 8.42 Å². The molecule has 7 rings (SSSR count). The van der Waals surface area contributed by atoms with Gasteiger partial charge in [-0.1, -0.05) is 78.5 Å². The number of hydrogen-bond donors (Lipinski definition) is 0. The number of fused-ring (bicyclic) bond motifs is 3. The molecule has 2 aliphatic rings. The van der Waals surface area contributed by atoms with Gasteiger partial charge in [0.15, 0.2) is 5.37 Å². The van der Waals surface area contributed by atoms with Crippen LogP contribution < -0.4 is 9.80 Å². The van der Waals surface area contributed by atoms with Gasteiger partial charge >= 0.3 is 0 Å². The first-order valence-corrected chi connectivity index (χ1v) is 14.4. The fourth-order valence-electron chi connectivity index (χ4n) is 5.26. The van der Waals surface area contributed by atoms with Gasteiger partial charge < -0.3 is 9.80 Å². The van der Waals surface area contributed by atoms with Crippen LogP contribution in [-0.4, -0.2) is 8.42 Å². The van der Waals surface area contributed by atoms with Crippen molar-refractivity contribution in [1.82, 2.24) is 0 Å². The Morgan fingerprint density at radius 2 is 1.16 bits per heavy atom. The van der Waals surface area contributed by atoms with Crippen molar-refractivity contribution in [3.8, 4) is 0 Å². The topological polar surface area (TPSA) is 40.6 Å². The van der Waals surface area contributed by atoms with Crippen LogP contribution in [0.15, 0.2) is 142 Å². The fraction of sp³-hybridized carbons (Fsp3) is 0.0323. The summed E-state index contributed by atoms with van der Waals surface area (Å²) < 4.78 is 27.9. The molecule has 0 amide bonds. The van der Waals surface area contributed by atoms with Gasteiger partial charge in [0.25, 0.3) is 0 Å². The number of rotatable bonds is 3. The van der Waals surface area contributed by atoms with Gasteiger partial charge in [0.05, 0.1) is 22.0 Å². The van der Waals surface area contributed by atoms with Crippen LogP contribution in [0.25, 0.3) is 0 Å². The summed E-state index contributed by atoms with van der Waals surface area (Å²) in [6.07, 6.45) is 0. The van der Waals surface area contributed by atoms with E-state index in [-0.39, 0.29) is 0 Å². The Labute approximate surface area is 220 Å². The number of hydrogen-bond acceptors (Lipinski definition) is 5. The molecule has 4 nitrogen and oxygen atoms in total. The van der Waals surface area contributed by atoms with Crippen molar-refractivity contribution in [3.63, 3.8) is 0 Å². The number of benzene rings is 5. The van der Waals surface area contributed by atoms with Crippen molar-refractivity contribution in [3.05, 3.63) is 133 Å². The maximum absolute atomic E-state index is 14.0. The van der Waals surface area contributed by atoms with Gasteiger partial charge in [0, 0.05) is 21.2 Å². The lowest BCUT2D eigenvalue weighted by atomic mass is 10.1. The van der Waals surface area contributed by atoms with E-state index in [1.54, 1.807) is 23.9 Å². The fourth-order valence-corrected chi connectivity index (χ4v) is 8.35. The predicted molar refractivity (Wildman–Crippen MR) is 150 cm³/mol. The molecule has 37 heavy (non-hydrogen) atoms. The van der Waals surface area contributed by atoms with Gasteiger partial charge in [-0.3, -0.25) is 0 Å². The van der Waals surface area contributed by atoms with Crippen molar-refractivity contribution in [2.75, 3.05) is 9.80 Å². The van der Waals surface area contributed by atoms with Crippen molar-refractivity contribution in [1.29, 1.82) is 0 Å². The smallest absolute Gasteiger partial charge is 0.206 e. The molecule has 5 aromatic carbocycles. The Kier molecular flexibility index (Phi) is 5.13. The molecule has 1 unspecified atom stereocenters. The Morgan fingerprint density at radius 3 is 1.92 bits per heavy atom. The second kappa shape index (κ2) is 8.54. The first kappa shape index (κ1) is 22.2. The molecule has 0 aromatic heterocycles. The van der Waals surface area contributed by atoms with E-state index in [1.807, 2.05) is 77.7 Å². The lowest BCUT2D eigenvalue weighted by Gasteiger charge is -2.34. The molecule has 5 aromatic rings. The van der Waals surface area contributed by atoms with Crippen LogP contribution in [0.2, 0.25) is 0 Å². The molecule has 0 bridgehead atoms. The zero-order valence-corrected chi connectivity index (χ0v) is 21.4. The minimum Gasteiger partial charge on any atom is -0.319 e. The van der Waals surface area contributed by atoms with Crippen LogP contribution in [0.1, 0.15) is 10.9 Å². The SMILES string of the molecule is O=S1(=O)c2ccccc2N(c2ccccc2)C1c1ccc2c(c1)Sc1ccccc1N2c1ccccc1. The van der Waals surface area contributed by atoms with E-state index in [0.29, 0.717) is 10.6 Å². The van der Waals surface area contributed by atoms with Crippen LogP contribution in [0.4, 0.5) is 28.4 Å². The highest BCUT2D eigenvalue weighted by molar-refractivity contribution is 7.99. The molecular weight excluding hydrogens is 496 g/mol. The molecular formula is C31H22N2O2S2. The van der Waals surface area contributed by atoms with Gasteiger partial charge in [-0.2, -0.15) is 0 Å². The summed E-state index contributed by atoms with van der Waals surface area (Å²) in [5, 5.41) is -0.847. The summed E-state index contributed by atoms with van der Waals surface area (Å²) in [7, 11) is -3.65. The number of sulfone groups is 1. The Balaban J connectivity index is 1.41. The van der Waals surface area contributed by atoms with E-state index in [2.05, 4.69) is 47.4 Å². The summed E-state index contributed by atoms with van der Waals surface area (Å²) in [5.74, 6) is 0. The Morgan fingerprint density at radius 1 is 0.568 bits per heavy atom. The molecule has 1 atom stereocenters. The maximum atomic E-state index is 14.0. The zero-order valence-electron chi connectivity index (χ0n) is 19.7. The van der Waals surface area contributed by atoms with Crippen LogP contribution in [0, 0.1) is 0 Å². The number of para-hydroxylation sites is 4. The third-order valence-electron chi connectivity index (χ3n) is 6.84. The van der Waals surface area contributed by atoms with Gasteiger partial charge in [0.2, 0.25) is 9.84 Å². The van der Waals surface area contributed by atoms with E-state index in [9.17, 15) is 8.42 Å². The van der Waals surface area contributed by atoms with Gasteiger partial charge in [-0.05, 0) is 66.2 Å². The average Bonchev–Trinajstić information content (AvgIpc) is 3.19. The number of nitrogens with zero attached hydrogens (tertiary/aromatic N) is 2. The standard InChI is InChI=1S/C31H22N2O2S2/c34-37(35)30-18-10-8-16-27(30)33(24-13-5-2-6-14-24)31(37)22-19-20-26-29(21-22)36-28-17-9-7-15-25(28)32(26)23-11-3-1-4-12-23/h1-21,31H. The monoisotopic (exact) mass is 518 g/mol. The quantitative estimate of drug-likeness (QED) is 0.236. The molecule has 0 spiro atoms. The molecule has 180 valence electrons. The molecule has 0 N–H and O–H groups in total. The van der Waals surface area contributed by atoms with Gasteiger partial charge in [0.1, 0.15) is 0 Å². The second-order valence-corrected chi connectivity index (χ2v) is 12.1. The van der Waals surface area contributed by atoms with Crippen LogP contribution in [0.5, 0.6) is 0 Å². The number of anilines is 5. The third-order valence-corrected chi connectivity index (χ3v) is 9.99. The van der Waals surface area contributed by atoms with Gasteiger partial charge in [-0.15, -0.1) is 0 Å². The summed E-state index contributed by atoms with van der Waals surface area (Å²) >= 11 is 1.68. The molecule has 6 heteroatoms. The first-order chi connectivity index (χ1) is 18.1. The molecule has 0 saturated heterocycles. The minimum absolute atomic E-state index is 0.366. The van der Waals surface area contributed by atoms with Crippen LogP contribution in [-0.2, 0) is 9.84 Å². The summed E-state index contributed by atoms with van der Waals surface area (Å²) in [6.45, 7) is 0. The third kappa shape index (κ3) is 3.48. The lowest BCUT2D eigenvalue weighted by Crippen LogP contribution is -2.24. The highest BCUT2D eigenvalue weighted by Gasteiger charge is 2.45. The zero-order chi connectivity index (χ0) is 25.0. The van der Waals surface area contributed by atoms with E-state index < -0.39 is 15.2 Å². The van der Waals surface area contributed by atoms with E-state index >= 15 is 0 Å². The van der Waals surface area contributed by atoms with Crippen molar-refractivity contribution in [2.24, 2.45) is 0 Å². The highest BCUT2D eigenvalue weighted by Crippen LogP contribution is 2.54. The Hall–Kier alpha value is -4.00. The minimum atomic E-state index is -3.65. The van der Waals surface area contributed by atoms with E-state index in [4.69, 9.17) is 0 Å². The van der Waals surface area contributed by atoms with Crippen LogP contribution >= 0.6 is 11.8 Å². The maximum Gasteiger partial charge on any atom is 0.206 e. The van der Waals surface area contributed by atoms with Crippen molar-refractivity contribution in [2.45, 2.75) is 20.1 Å². The molecule has 0 fully saturated rings. The molecule has 0 saturated carbocycles. The summed E-state index contributed by atoms with van der Waals surface area (Å²) in [6, 6.07) is 41.7. The van der Waals surface area contributed by atoms with Crippen molar-refractivity contribution >= 4 is 50.0 Å². The van der Waals surface area contributed by atoms with Crippen molar-refractivity contribution < 1.29 is 8.42 Å². The molecule has 0 aliphatic carbocycles. The normalized spacial score (nSPS) is 17.1. The molecule has 2 aliphatic heterocycles. The van der Waals surface area contributed by atoms with E-state index in [0.717, 1.165) is 38.1 Å². The average molecular weight is 519 g/mol. The Bertz CT molecular complexity index is 1740. The lowest BCUT2D eigenvalue weighted by molar-refractivity contribution is 0.589. The second-order valence-electron chi connectivity index (χ2n) is 9.04. The highest BCUT2D eigenvalue weighted by atomic mass is 32.2. The predicted octanol–water partition coefficient (Wildman–Crippen LogP) is 8.25. The first-order valence-electron chi connectivity index (χ1n) is 12.1.